The number of H-pyrrole nitrogens is 1. The maximum Gasteiger partial charge on any atom is 0.347 e. The number of carbonyl (C=O) groups is 1. The third kappa shape index (κ3) is 9.95. The molecule has 1 fully saturated rings. The van der Waals surface area contributed by atoms with Crippen molar-refractivity contribution in [2.45, 2.75) is 56.8 Å². The fourth-order valence-corrected chi connectivity index (χ4v) is 7.11. The van der Waals surface area contributed by atoms with E-state index in [4.69, 9.17) is 9.47 Å². The van der Waals surface area contributed by atoms with Crippen LogP contribution in [0, 0.1) is 5.92 Å². The van der Waals surface area contributed by atoms with Crippen LogP contribution in [0.1, 0.15) is 66.9 Å². The van der Waals surface area contributed by atoms with Gasteiger partial charge in [-0.2, -0.15) is 0 Å². The Hall–Kier alpha value is -5.00. The smallest absolute Gasteiger partial charge is 0.347 e. The number of nitrogens with one attached hydrogen (secondary N) is 2. The molecule has 2 heterocycles. The third-order valence-corrected chi connectivity index (χ3v) is 10.3. The standard InChI is InChI=1S/C44H51N3O7/c48-39-21-19-37(38-20-22-41(50)46-42(38)39)40(49)29-45-25-9-1-2-10-28-53-36-17-15-32(16-18-36)30-47-26-23-33(24-27-47)31-54-43(51)44(52,34-11-5-3-6-12-34)35-13-7-4-8-14-35/h3-8,11-22,33,40,45,48-49,52H,1-2,9-10,23-31H2,(H,46,50)/t40-/m0/s1. The summed E-state index contributed by atoms with van der Waals surface area (Å²) in [5, 5.41) is 36.4. The Balaban J connectivity index is 0.833. The summed E-state index contributed by atoms with van der Waals surface area (Å²) in [6, 6.07) is 32.5. The number of ether oxygens (including phenoxy) is 2. The van der Waals surface area contributed by atoms with Crippen LogP contribution >= 0.6 is 0 Å². The number of aliphatic hydroxyl groups excluding tert-OH is 1. The van der Waals surface area contributed by atoms with Gasteiger partial charge in [-0.25, -0.2) is 4.79 Å². The van der Waals surface area contributed by atoms with E-state index in [9.17, 15) is 24.9 Å². The van der Waals surface area contributed by atoms with E-state index in [1.54, 1.807) is 36.4 Å². The number of piperidine rings is 1. The van der Waals surface area contributed by atoms with E-state index in [1.807, 2.05) is 48.5 Å². The van der Waals surface area contributed by atoms with Crippen LogP contribution in [0.25, 0.3) is 10.9 Å². The van der Waals surface area contributed by atoms with E-state index < -0.39 is 17.7 Å². The van der Waals surface area contributed by atoms with E-state index in [0.29, 0.717) is 40.7 Å². The molecule has 1 atom stereocenters. The average molecular weight is 734 g/mol. The van der Waals surface area contributed by atoms with Crippen LogP contribution < -0.4 is 15.6 Å². The summed E-state index contributed by atoms with van der Waals surface area (Å²) in [6.45, 7) is 4.79. The monoisotopic (exact) mass is 733 g/mol. The number of phenolic OH excluding ortho intramolecular Hbond substituents is 1. The first-order chi connectivity index (χ1) is 26.3. The lowest BCUT2D eigenvalue weighted by Gasteiger charge is -2.33. The van der Waals surface area contributed by atoms with Crippen molar-refractivity contribution in [2.75, 3.05) is 39.4 Å². The zero-order chi connectivity index (χ0) is 37.8. The van der Waals surface area contributed by atoms with E-state index in [1.165, 1.54) is 17.7 Å². The number of likely N-dealkylation sites (tertiary alicyclic amines) is 1. The van der Waals surface area contributed by atoms with Gasteiger partial charge >= 0.3 is 5.97 Å². The molecule has 4 aromatic carbocycles. The number of rotatable bonds is 18. The van der Waals surface area contributed by atoms with Crippen molar-refractivity contribution in [2.24, 2.45) is 5.92 Å². The highest BCUT2D eigenvalue weighted by molar-refractivity contribution is 5.87. The summed E-state index contributed by atoms with van der Waals surface area (Å²) >= 11 is 0. The maximum atomic E-state index is 13.4. The SMILES string of the molecule is O=C(OCC1CCN(Cc2ccc(OCCCCCCNC[C@H](O)c3ccc(O)c4[nH]c(=O)ccc34)cc2)CC1)C(O)(c1ccccc1)c1ccccc1. The van der Waals surface area contributed by atoms with Crippen LogP contribution in [0.15, 0.2) is 114 Å². The number of pyridine rings is 1. The molecule has 0 amide bonds. The van der Waals surface area contributed by atoms with Crippen LogP contribution in [-0.2, 0) is 21.7 Å². The molecule has 1 saturated heterocycles. The van der Waals surface area contributed by atoms with Gasteiger partial charge in [0.15, 0.2) is 0 Å². The van der Waals surface area contributed by atoms with Crippen molar-refractivity contribution in [3.8, 4) is 11.5 Å². The van der Waals surface area contributed by atoms with Crippen molar-refractivity contribution >= 4 is 16.9 Å². The fraction of sp³-hybridized carbons (Fsp3) is 0.364. The average Bonchev–Trinajstić information content (AvgIpc) is 3.21. The zero-order valence-electron chi connectivity index (χ0n) is 30.7. The highest BCUT2D eigenvalue weighted by Crippen LogP contribution is 2.32. The van der Waals surface area contributed by atoms with Gasteiger partial charge in [-0.1, -0.05) is 91.7 Å². The Morgan fingerprint density at radius 3 is 2.20 bits per heavy atom. The van der Waals surface area contributed by atoms with Crippen molar-refractivity contribution in [1.82, 2.24) is 15.2 Å². The second-order valence-corrected chi connectivity index (χ2v) is 14.2. The van der Waals surface area contributed by atoms with Gasteiger partial charge in [-0.3, -0.25) is 9.69 Å². The first kappa shape index (κ1) is 38.7. The third-order valence-electron chi connectivity index (χ3n) is 10.3. The predicted octanol–water partition coefficient (Wildman–Crippen LogP) is 6.19. The molecule has 1 aliphatic rings. The summed E-state index contributed by atoms with van der Waals surface area (Å²) in [7, 11) is 0. The van der Waals surface area contributed by atoms with Gasteiger partial charge in [0.2, 0.25) is 11.2 Å². The number of aromatic amines is 1. The Morgan fingerprint density at radius 2 is 1.52 bits per heavy atom. The van der Waals surface area contributed by atoms with Crippen LogP contribution in [0.5, 0.6) is 11.5 Å². The number of unbranched alkanes of at least 4 members (excludes halogenated alkanes) is 3. The number of esters is 1. The highest BCUT2D eigenvalue weighted by Gasteiger charge is 2.42. The molecule has 10 heteroatoms. The maximum absolute atomic E-state index is 13.4. The summed E-state index contributed by atoms with van der Waals surface area (Å²) in [6.07, 6.45) is 5.13. The minimum Gasteiger partial charge on any atom is -0.506 e. The normalized spacial score (nSPS) is 14.6. The van der Waals surface area contributed by atoms with E-state index in [2.05, 4.69) is 27.3 Å². The van der Waals surface area contributed by atoms with Crippen molar-refractivity contribution in [3.05, 3.63) is 142 Å². The number of hydrogen-bond acceptors (Lipinski definition) is 9. The van der Waals surface area contributed by atoms with E-state index in [0.717, 1.165) is 70.5 Å². The van der Waals surface area contributed by atoms with Gasteiger partial charge in [0.1, 0.15) is 11.5 Å². The number of carbonyl (C=O) groups excluding carboxylic acids is 1. The molecular weight excluding hydrogens is 682 g/mol. The lowest BCUT2D eigenvalue weighted by molar-refractivity contribution is -0.164. The van der Waals surface area contributed by atoms with E-state index >= 15 is 0 Å². The lowest BCUT2D eigenvalue weighted by atomic mass is 9.86. The van der Waals surface area contributed by atoms with Crippen LogP contribution in [0.2, 0.25) is 0 Å². The number of aliphatic hydroxyl groups is 2. The molecule has 284 valence electrons. The molecule has 1 aliphatic heterocycles. The second kappa shape index (κ2) is 18.9. The van der Waals surface area contributed by atoms with Gasteiger partial charge in [-0.05, 0) is 97.8 Å². The van der Waals surface area contributed by atoms with Crippen LogP contribution in [0.3, 0.4) is 0 Å². The molecule has 0 bridgehead atoms. The molecule has 10 nitrogen and oxygen atoms in total. The lowest BCUT2D eigenvalue weighted by Crippen LogP contribution is -2.40. The van der Waals surface area contributed by atoms with Crippen molar-refractivity contribution < 1.29 is 29.6 Å². The van der Waals surface area contributed by atoms with Gasteiger partial charge in [0.25, 0.3) is 0 Å². The van der Waals surface area contributed by atoms with Crippen LogP contribution in [0.4, 0.5) is 0 Å². The highest BCUT2D eigenvalue weighted by atomic mass is 16.5. The van der Waals surface area contributed by atoms with Gasteiger partial charge in [-0.15, -0.1) is 0 Å². The molecular formula is C44H51N3O7. The molecule has 5 N–H and O–H groups in total. The number of aromatic nitrogens is 1. The summed E-state index contributed by atoms with van der Waals surface area (Å²) in [5.74, 6) is 0.449. The Kier molecular flexibility index (Phi) is 13.5. The summed E-state index contributed by atoms with van der Waals surface area (Å²) in [4.78, 5) is 30.1. The van der Waals surface area contributed by atoms with E-state index in [-0.39, 0.29) is 23.8 Å². The molecule has 0 spiro atoms. The van der Waals surface area contributed by atoms with Gasteiger partial charge in [0.05, 0.1) is 24.8 Å². The summed E-state index contributed by atoms with van der Waals surface area (Å²) < 4.78 is 11.8. The molecule has 1 aromatic heterocycles. The summed E-state index contributed by atoms with van der Waals surface area (Å²) in [5.41, 5.74) is 1.05. The molecule has 54 heavy (non-hydrogen) atoms. The molecule has 0 saturated carbocycles. The van der Waals surface area contributed by atoms with Gasteiger partial charge < -0.3 is 35.1 Å². The Labute approximate surface area is 316 Å². The number of benzene rings is 4. The zero-order valence-corrected chi connectivity index (χ0v) is 30.7. The molecule has 0 unspecified atom stereocenters. The minimum absolute atomic E-state index is 0.0179. The predicted molar refractivity (Wildman–Crippen MR) is 209 cm³/mol. The van der Waals surface area contributed by atoms with Crippen molar-refractivity contribution in [3.63, 3.8) is 0 Å². The number of nitrogens with zero attached hydrogens (tertiary/aromatic N) is 1. The quantitative estimate of drug-likeness (QED) is 0.0526. The number of aromatic hydroxyl groups is 1. The first-order valence-corrected chi connectivity index (χ1v) is 19.0. The number of hydrogen-bond donors (Lipinski definition) is 5. The molecule has 6 rings (SSSR count). The van der Waals surface area contributed by atoms with Gasteiger partial charge in [0, 0.05) is 24.5 Å². The first-order valence-electron chi connectivity index (χ1n) is 19.0. The number of phenols is 1. The molecule has 0 aliphatic carbocycles. The molecule has 0 radical (unpaired) electrons. The Bertz CT molecular complexity index is 1940. The number of fused-ring (bicyclic) bond motifs is 1. The largest absolute Gasteiger partial charge is 0.506 e. The van der Waals surface area contributed by atoms with Crippen molar-refractivity contribution in [1.29, 1.82) is 0 Å². The Morgan fingerprint density at radius 1 is 0.852 bits per heavy atom. The van der Waals surface area contributed by atoms with Crippen LogP contribution in [-0.4, -0.2) is 70.6 Å². The second-order valence-electron chi connectivity index (χ2n) is 14.2. The molecule has 5 aromatic rings. The fourth-order valence-electron chi connectivity index (χ4n) is 7.11. The minimum atomic E-state index is -1.86. The topological polar surface area (TPSA) is 144 Å².